The molecule has 5 rings (SSSR count). The number of ether oxygens (including phenoxy) is 1. The molecule has 2 aliphatic rings. The molecule has 1 fully saturated rings. The molecule has 1 aliphatic heterocycles. The highest BCUT2D eigenvalue weighted by Crippen LogP contribution is 2.37. The normalized spacial score (nSPS) is 21.5. The van der Waals surface area contributed by atoms with Crippen molar-refractivity contribution >= 4 is 45.8 Å². The molecule has 3 heterocycles. The van der Waals surface area contributed by atoms with Crippen LogP contribution in [0.5, 0.6) is 0 Å². The topological polar surface area (TPSA) is 59.5 Å². The minimum absolute atomic E-state index is 0.112. The van der Waals surface area contributed by atoms with Crippen molar-refractivity contribution < 1.29 is 14.3 Å². The van der Waals surface area contributed by atoms with Gasteiger partial charge in [-0.1, -0.05) is 24.3 Å². The fraction of sp³-hybridized carbons (Fsp3) is 0.393. The Bertz CT molecular complexity index is 1240. The Morgan fingerprint density at radius 2 is 1.88 bits per heavy atom. The molecule has 2 unspecified atom stereocenters. The van der Waals surface area contributed by atoms with E-state index in [1.54, 1.807) is 11.3 Å². The number of hydrogen-bond acceptors (Lipinski definition) is 5. The van der Waals surface area contributed by atoms with Gasteiger partial charge in [0.1, 0.15) is 0 Å². The number of piperidine rings is 1. The highest BCUT2D eigenvalue weighted by Gasteiger charge is 2.31. The summed E-state index contributed by atoms with van der Waals surface area (Å²) in [5, 5.41) is 2.85. The summed E-state index contributed by atoms with van der Waals surface area (Å²) in [6, 6.07) is 12.2. The Kier molecular flexibility index (Phi) is 6.50. The smallest absolute Gasteiger partial charge is 0.339 e. The first kappa shape index (κ1) is 22.8. The van der Waals surface area contributed by atoms with Crippen LogP contribution in [0.25, 0.3) is 22.6 Å². The third-order valence-corrected chi connectivity index (χ3v) is 7.86. The third kappa shape index (κ3) is 4.39. The monoisotopic (exact) mass is 474 g/mol. The Labute approximate surface area is 204 Å². The Morgan fingerprint density at radius 1 is 1.09 bits per heavy atom. The van der Waals surface area contributed by atoms with E-state index in [0.29, 0.717) is 5.56 Å². The van der Waals surface area contributed by atoms with Gasteiger partial charge in [-0.15, -0.1) is 11.3 Å². The number of likely N-dealkylation sites (tertiary alicyclic amines) is 1. The number of benzene rings is 1. The highest BCUT2D eigenvalue weighted by atomic mass is 32.1. The molecule has 2 aromatic heterocycles. The van der Waals surface area contributed by atoms with Gasteiger partial charge < -0.3 is 9.64 Å². The molecular formula is C28H30N2O3S. The number of esters is 1. The maximum absolute atomic E-state index is 13.5. The van der Waals surface area contributed by atoms with E-state index in [-0.39, 0.29) is 24.6 Å². The lowest BCUT2D eigenvalue weighted by atomic mass is 9.86. The van der Waals surface area contributed by atoms with E-state index in [1.807, 2.05) is 35.2 Å². The van der Waals surface area contributed by atoms with Crippen molar-refractivity contribution in [2.75, 3.05) is 6.61 Å². The zero-order valence-electron chi connectivity index (χ0n) is 19.8. The number of fused-ring (bicyclic) bond motifs is 2. The van der Waals surface area contributed by atoms with Crippen LogP contribution >= 0.6 is 11.3 Å². The van der Waals surface area contributed by atoms with E-state index in [2.05, 4.69) is 31.4 Å². The van der Waals surface area contributed by atoms with Gasteiger partial charge in [0.05, 0.1) is 16.8 Å². The van der Waals surface area contributed by atoms with Gasteiger partial charge in [0.2, 0.25) is 0 Å². The molecule has 34 heavy (non-hydrogen) atoms. The molecule has 1 aliphatic carbocycles. The number of rotatable bonds is 4. The highest BCUT2D eigenvalue weighted by molar-refractivity contribution is 7.10. The number of hydrogen-bond donors (Lipinski definition) is 0. The maximum Gasteiger partial charge on any atom is 0.339 e. The van der Waals surface area contributed by atoms with Crippen LogP contribution in [-0.2, 0) is 16.0 Å². The summed E-state index contributed by atoms with van der Waals surface area (Å²) in [6.45, 7) is 3.92. The molecule has 5 nitrogen and oxygen atoms in total. The minimum Gasteiger partial charge on any atom is -0.452 e. The van der Waals surface area contributed by atoms with Gasteiger partial charge in [-0.25, -0.2) is 9.78 Å². The predicted molar refractivity (Wildman–Crippen MR) is 137 cm³/mol. The quantitative estimate of drug-likeness (QED) is 0.428. The van der Waals surface area contributed by atoms with Crippen LogP contribution in [0.15, 0.2) is 41.8 Å². The summed E-state index contributed by atoms with van der Waals surface area (Å²) in [5.74, 6) is -0.545. The molecule has 0 N–H and O–H groups in total. The van der Waals surface area contributed by atoms with Gasteiger partial charge in [-0.2, -0.15) is 0 Å². The maximum atomic E-state index is 13.5. The Hall–Kier alpha value is -2.99. The summed E-state index contributed by atoms with van der Waals surface area (Å²) in [7, 11) is 0. The second-order valence-electron chi connectivity index (χ2n) is 9.38. The number of thiophene rings is 1. The second kappa shape index (κ2) is 9.71. The zero-order chi connectivity index (χ0) is 23.7. The van der Waals surface area contributed by atoms with Crippen molar-refractivity contribution in [2.45, 2.75) is 64.5 Å². The molecule has 0 bridgehead atoms. The molecule has 1 amide bonds. The standard InChI is InChI=1S/C28H30N2O3S/c1-18-8-5-9-19(2)30(18)25(31)17-33-28(32)26-22-12-3-4-14-24(22)29-27-20(10-6-13-23(26)27)16-21-11-7-15-34-21/h3-4,7,11-12,14-16,18-19H,5-6,8-10,13,17H2,1-2H3. The van der Waals surface area contributed by atoms with Crippen molar-refractivity contribution in [3.05, 3.63) is 63.5 Å². The zero-order valence-corrected chi connectivity index (χ0v) is 20.6. The molecule has 6 heteroatoms. The number of carbonyl (C=O) groups is 2. The average molecular weight is 475 g/mol. The van der Waals surface area contributed by atoms with Crippen LogP contribution in [0, 0.1) is 0 Å². The van der Waals surface area contributed by atoms with Crippen LogP contribution in [0.1, 0.15) is 72.4 Å². The lowest BCUT2D eigenvalue weighted by molar-refractivity contribution is -0.140. The van der Waals surface area contributed by atoms with Crippen LogP contribution in [0.4, 0.5) is 0 Å². The number of nitrogens with zero attached hydrogens (tertiary/aromatic N) is 2. The van der Waals surface area contributed by atoms with E-state index in [1.165, 1.54) is 4.88 Å². The van der Waals surface area contributed by atoms with Crippen LogP contribution in [0.2, 0.25) is 0 Å². The molecule has 0 saturated carbocycles. The van der Waals surface area contributed by atoms with Crippen molar-refractivity contribution in [1.82, 2.24) is 9.88 Å². The SMILES string of the molecule is CC1CCCC(C)N1C(=O)COC(=O)c1c2c(nc3ccccc13)C(=Cc1cccs1)CCC2. The van der Waals surface area contributed by atoms with Gasteiger partial charge in [-0.05, 0) is 87.1 Å². The molecule has 3 aromatic rings. The summed E-state index contributed by atoms with van der Waals surface area (Å²) in [4.78, 5) is 34.5. The first-order valence-corrected chi connectivity index (χ1v) is 13.0. The summed E-state index contributed by atoms with van der Waals surface area (Å²) >= 11 is 1.69. The van der Waals surface area contributed by atoms with E-state index in [9.17, 15) is 9.59 Å². The van der Waals surface area contributed by atoms with E-state index < -0.39 is 5.97 Å². The van der Waals surface area contributed by atoms with Gasteiger partial charge in [0.25, 0.3) is 5.91 Å². The largest absolute Gasteiger partial charge is 0.452 e. The molecule has 0 radical (unpaired) electrons. The van der Waals surface area contributed by atoms with E-state index >= 15 is 0 Å². The second-order valence-corrected chi connectivity index (χ2v) is 10.4. The lowest BCUT2D eigenvalue weighted by Crippen LogP contribution is -2.49. The minimum atomic E-state index is -0.433. The summed E-state index contributed by atoms with van der Waals surface area (Å²) < 4.78 is 5.68. The Morgan fingerprint density at radius 3 is 2.65 bits per heavy atom. The van der Waals surface area contributed by atoms with Gasteiger partial charge in [0.15, 0.2) is 6.61 Å². The van der Waals surface area contributed by atoms with Crippen molar-refractivity contribution in [3.63, 3.8) is 0 Å². The van der Waals surface area contributed by atoms with Gasteiger partial charge in [0, 0.05) is 22.3 Å². The van der Waals surface area contributed by atoms with Crippen molar-refractivity contribution in [3.8, 4) is 0 Å². The molecule has 1 saturated heterocycles. The van der Waals surface area contributed by atoms with Crippen molar-refractivity contribution in [2.24, 2.45) is 0 Å². The fourth-order valence-corrected chi connectivity index (χ4v) is 6.12. The number of amides is 1. The predicted octanol–water partition coefficient (Wildman–Crippen LogP) is 6.12. The number of carbonyl (C=O) groups excluding carboxylic acids is 2. The third-order valence-electron chi connectivity index (χ3n) is 7.04. The molecule has 1 aromatic carbocycles. The van der Waals surface area contributed by atoms with Crippen molar-refractivity contribution in [1.29, 1.82) is 0 Å². The lowest BCUT2D eigenvalue weighted by Gasteiger charge is -2.38. The first-order chi connectivity index (χ1) is 16.5. The van der Waals surface area contributed by atoms with E-state index in [0.717, 1.165) is 66.3 Å². The van der Waals surface area contributed by atoms with Crippen LogP contribution in [-0.4, -0.2) is 40.5 Å². The number of allylic oxidation sites excluding steroid dienone is 1. The Balaban J connectivity index is 1.48. The fourth-order valence-electron chi connectivity index (χ4n) is 5.44. The average Bonchev–Trinajstić information content (AvgIpc) is 3.34. The van der Waals surface area contributed by atoms with Crippen LogP contribution < -0.4 is 0 Å². The molecule has 176 valence electrons. The first-order valence-electron chi connectivity index (χ1n) is 12.2. The molecule has 2 atom stereocenters. The number of pyridine rings is 1. The number of para-hydroxylation sites is 1. The van der Waals surface area contributed by atoms with Gasteiger partial charge in [-0.3, -0.25) is 4.79 Å². The molecular weight excluding hydrogens is 444 g/mol. The molecule has 0 spiro atoms. The summed E-state index contributed by atoms with van der Waals surface area (Å²) in [5.41, 5.74) is 4.30. The van der Waals surface area contributed by atoms with E-state index in [4.69, 9.17) is 9.72 Å². The summed E-state index contributed by atoms with van der Waals surface area (Å²) in [6.07, 6.45) is 7.94. The van der Waals surface area contributed by atoms with Gasteiger partial charge >= 0.3 is 5.97 Å². The van der Waals surface area contributed by atoms with Crippen LogP contribution in [0.3, 0.4) is 0 Å². The number of aromatic nitrogens is 1.